The van der Waals surface area contributed by atoms with Crippen molar-refractivity contribution >= 4 is 5.78 Å². The van der Waals surface area contributed by atoms with Crippen LogP contribution in [-0.4, -0.2) is 36.5 Å². The van der Waals surface area contributed by atoms with Crippen LogP contribution in [0, 0.1) is 0 Å². The SMILES string of the molecule is O=C1CCN(CCCCC(F)(F)F)CC1. The maximum atomic E-state index is 11.8. The Morgan fingerprint density at radius 2 is 1.73 bits per heavy atom. The van der Waals surface area contributed by atoms with Crippen molar-refractivity contribution < 1.29 is 18.0 Å². The minimum atomic E-state index is -4.03. The highest BCUT2D eigenvalue weighted by Gasteiger charge is 2.26. The Labute approximate surface area is 87.4 Å². The van der Waals surface area contributed by atoms with Crippen molar-refractivity contribution in [2.24, 2.45) is 0 Å². The van der Waals surface area contributed by atoms with E-state index < -0.39 is 12.6 Å². The lowest BCUT2D eigenvalue weighted by Gasteiger charge is -2.25. The number of likely N-dealkylation sites (tertiary alicyclic amines) is 1. The number of rotatable bonds is 4. The normalized spacial score (nSPS) is 19.5. The quantitative estimate of drug-likeness (QED) is 0.682. The number of halogens is 3. The zero-order valence-electron chi connectivity index (χ0n) is 8.65. The van der Waals surface area contributed by atoms with Crippen molar-refractivity contribution in [1.82, 2.24) is 4.90 Å². The Morgan fingerprint density at radius 3 is 2.27 bits per heavy atom. The molecule has 0 saturated carbocycles. The van der Waals surface area contributed by atoms with E-state index in [4.69, 9.17) is 0 Å². The van der Waals surface area contributed by atoms with Crippen molar-refractivity contribution in [3.05, 3.63) is 0 Å². The Kier molecular flexibility index (Phi) is 4.57. The number of hydrogen-bond donors (Lipinski definition) is 0. The summed E-state index contributed by atoms with van der Waals surface area (Å²) in [5, 5.41) is 0. The lowest BCUT2D eigenvalue weighted by atomic mass is 10.1. The number of Topliss-reactive ketones (excluding diaryl/α,β-unsaturated/α-hetero) is 1. The maximum Gasteiger partial charge on any atom is 0.389 e. The van der Waals surface area contributed by atoms with Gasteiger partial charge in [0.05, 0.1) is 0 Å². The molecule has 0 spiro atoms. The van der Waals surface area contributed by atoms with Crippen LogP contribution in [-0.2, 0) is 4.79 Å². The van der Waals surface area contributed by atoms with Gasteiger partial charge in [0.1, 0.15) is 5.78 Å². The highest BCUT2D eigenvalue weighted by atomic mass is 19.4. The molecule has 1 fully saturated rings. The molecule has 15 heavy (non-hydrogen) atoms. The predicted molar refractivity (Wildman–Crippen MR) is 50.6 cm³/mol. The molecule has 0 amide bonds. The second-order valence-electron chi connectivity index (χ2n) is 3.95. The van der Waals surface area contributed by atoms with Crippen molar-refractivity contribution in [1.29, 1.82) is 0 Å². The summed E-state index contributed by atoms with van der Waals surface area (Å²) in [7, 11) is 0. The fraction of sp³-hybridized carbons (Fsp3) is 0.900. The van der Waals surface area contributed by atoms with Gasteiger partial charge in [0.15, 0.2) is 0 Å². The van der Waals surface area contributed by atoms with E-state index in [9.17, 15) is 18.0 Å². The highest BCUT2D eigenvalue weighted by molar-refractivity contribution is 5.79. The molecule has 0 bridgehead atoms. The Balaban J connectivity index is 2.03. The smallest absolute Gasteiger partial charge is 0.302 e. The summed E-state index contributed by atoms with van der Waals surface area (Å²) in [4.78, 5) is 13.0. The van der Waals surface area contributed by atoms with E-state index in [1.807, 2.05) is 0 Å². The fourth-order valence-electron chi connectivity index (χ4n) is 1.69. The van der Waals surface area contributed by atoms with E-state index in [0.29, 0.717) is 38.9 Å². The molecular formula is C10H16F3NO. The number of alkyl halides is 3. The van der Waals surface area contributed by atoms with Gasteiger partial charge < -0.3 is 4.90 Å². The molecular weight excluding hydrogens is 207 g/mol. The first-order valence-corrected chi connectivity index (χ1v) is 5.28. The number of hydrogen-bond acceptors (Lipinski definition) is 2. The first-order chi connectivity index (χ1) is 6.97. The third kappa shape index (κ3) is 5.77. The third-order valence-corrected chi connectivity index (χ3v) is 2.60. The molecule has 88 valence electrons. The maximum absolute atomic E-state index is 11.8. The Hall–Kier alpha value is -0.580. The van der Waals surface area contributed by atoms with Crippen molar-refractivity contribution in [2.45, 2.75) is 38.3 Å². The van der Waals surface area contributed by atoms with Crippen LogP contribution < -0.4 is 0 Å². The summed E-state index contributed by atoms with van der Waals surface area (Å²) < 4.78 is 35.4. The first kappa shape index (κ1) is 12.5. The number of carbonyl (C=O) groups excluding carboxylic acids is 1. The fourth-order valence-corrected chi connectivity index (χ4v) is 1.69. The molecule has 0 aromatic carbocycles. The number of nitrogens with zero attached hydrogens (tertiary/aromatic N) is 1. The van der Waals surface area contributed by atoms with E-state index in [1.165, 1.54) is 0 Å². The zero-order valence-corrected chi connectivity index (χ0v) is 8.65. The molecule has 1 aliphatic heterocycles. The zero-order chi connectivity index (χ0) is 11.3. The van der Waals surface area contributed by atoms with Crippen LogP contribution in [0.5, 0.6) is 0 Å². The van der Waals surface area contributed by atoms with Gasteiger partial charge in [-0.2, -0.15) is 13.2 Å². The van der Waals surface area contributed by atoms with Crippen LogP contribution in [0.25, 0.3) is 0 Å². The monoisotopic (exact) mass is 223 g/mol. The molecule has 1 saturated heterocycles. The molecule has 0 aromatic heterocycles. The van der Waals surface area contributed by atoms with Gasteiger partial charge >= 0.3 is 6.18 Å². The van der Waals surface area contributed by atoms with Crippen LogP contribution in [0.2, 0.25) is 0 Å². The van der Waals surface area contributed by atoms with Gasteiger partial charge in [-0.15, -0.1) is 0 Å². The number of piperidine rings is 1. The van der Waals surface area contributed by atoms with Crippen molar-refractivity contribution in [3.8, 4) is 0 Å². The van der Waals surface area contributed by atoms with Gasteiger partial charge in [-0.1, -0.05) is 0 Å². The molecule has 0 unspecified atom stereocenters. The lowest BCUT2D eigenvalue weighted by molar-refractivity contribution is -0.135. The number of carbonyl (C=O) groups is 1. The van der Waals surface area contributed by atoms with Crippen LogP contribution in [0.1, 0.15) is 32.1 Å². The highest BCUT2D eigenvalue weighted by Crippen LogP contribution is 2.22. The standard InChI is InChI=1S/C10H16F3NO/c11-10(12,13)5-1-2-6-14-7-3-9(15)4-8-14/h1-8H2. The largest absolute Gasteiger partial charge is 0.389 e. The average Bonchev–Trinajstić information content (AvgIpc) is 2.14. The number of unbranched alkanes of at least 4 members (excludes halogenated alkanes) is 1. The Morgan fingerprint density at radius 1 is 1.13 bits per heavy atom. The molecule has 0 atom stereocenters. The van der Waals surface area contributed by atoms with Gasteiger partial charge in [0.2, 0.25) is 0 Å². The van der Waals surface area contributed by atoms with Crippen molar-refractivity contribution in [3.63, 3.8) is 0 Å². The van der Waals surface area contributed by atoms with Crippen LogP contribution in [0.15, 0.2) is 0 Å². The van der Waals surface area contributed by atoms with Crippen LogP contribution in [0.4, 0.5) is 13.2 Å². The minimum Gasteiger partial charge on any atom is -0.302 e. The molecule has 0 N–H and O–H groups in total. The summed E-state index contributed by atoms with van der Waals surface area (Å²) in [6, 6.07) is 0. The van der Waals surface area contributed by atoms with Crippen LogP contribution >= 0.6 is 0 Å². The van der Waals surface area contributed by atoms with Gasteiger partial charge in [-0.25, -0.2) is 0 Å². The molecule has 1 aliphatic rings. The molecule has 0 aliphatic carbocycles. The van der Waals surface area contributed by atoms with Gasteiger partial charge in [0, 0.05) is 32.4 Å². The minimum absolute atomic E-state index is 0.188. The Bertz CT molecular complexity index is 205. The van der Waals surface area contributed by atoms with E-state index in [2.05, 4.69) is 4.90 Å². The van der Waals surface area contributed by atoms with Crippen LogP contribution in [0.3, 0.4) is 0 Å². The summed E-state index contributed by atoms with van der Waals surface area (Å²) in [5.41, 5.74) is 0. The molecule has 0 aromatic rings. The molecule has 1 heterocycles. The van der Waals surface area contributed by atoms with Gasteiger partial charge in [-0.05, 0) is 19.4 Å². The van der Waals surface area contributed by atoms with Gasteiger partial charge in [-0.3, -0.25) is 4.79 Å². The van der Waals surface area contributed by atoms with Crippen molar-refractivity contribution in [2.75, 3.05) is 19.6 Å². The van der Waals surface area contributed by atoms with Gasteiger partial charge in [0.25, 0.3) is 0 Å². The predicted octanol–water partition coefficient (Wildman–Crippen LogP) is 2.38. The topological polar surface area (TPSA) is 20.3 Å². The van der Waals surface area contributed by atoms with E-state index >= 15 is 0 Å². The van der Waals surface area contributed by atoms with E-state index in [1.54, 1.807) is 0 Å². The summed E-state index contributed by atoms with van der Waals surface area (Å²) in [5.74, 6) is 0.265. The molecule has 0 radical (unpaired) electrons. The number of ketones is 1. The molecule has 2 nitrogen and oxygen atoms in total. The molecule has 1 rings (SSSR count). The second kappa shape index (κ2) is 5.49. The first-order valence-electron chi connectivity index (χ1n) is 5.28. The second-order valence-corrected chi connectivity index (χ2v) is 3.95. The average molecular weight is 223 g/mol. The summed E-state index contributed by atoms with van der Waals surface area (Å²) >= 11 is 0. The lowest BCUT2D eigenvalue weighted by Crippen LogP contribution is -2.34. The summed E-state index contributed by atoms with van der Waals surface area (Å²) in [6.45, 7) is 2.11. The van der Waals surface area contributed by atoms with E-state index in [0.717, 1.165) is 0 Å². The third-order valence-electron chi connectivity index (χ3n) is 2.60. The summed E-state index contributed by atoms with van der Waals surface area (Å²) in [6.07, 6.45) is -2.86. The molecule has 5 heteroatoms. The van der Waals surface area contributed by atoms with E-state index in [-0.39, 0.29) is 12.2 Å².